The Kier molecular flexibility index (Phi) is 0.967. The van der Waals surface area contributed by atoms with E-state index in [0.29, 0.717) is 0 Å². The fraction of sp³-hybridized carbons (Fsp3) is 0.125. The van der Waals surface area contributed by atoms with Gasteiger partial charge >= 0.3 is 5.97 Å². The lowest BCUT2D eigenvalue weighted by Gasteiger charge is -2.03. The summed E-state index contributed by atoms with van der Waals surface area (Å²) in [6.07, 6.45) is -2.13. The summed E-state index contributed by atoms with van der Waals surface area (Å²) >= 11 is 0. The monoisotopic (exact) mass is 157 g/mol. The van der Waals surface area contributed by atoms with Crippen LogP contribution in [0.25, 0.3) is 0 Å². The lowest BCUT2D eigenvalue weighted by Crippen LogP contribution is -2.09. The van der Waals surface area contributed by atoms with E-state index in [0.717, 1.165) is 0 Å². The zero-order valence-electron chi connectivity index (χ0n) is 10.4. The minimum atomic E-state index is -2.13. The first-order chi connectivity index (χ1) is 7.29. The maximum atomic E-state index is 10.5. The molecule has 1 aromatic carbocycles. The first-order valence-corrected chi connectivity index (χ1v) is 2.76. The standard InChI is InChI=1S/C8H8O3/c9-7(8(10)11)6-4-2-1-3-5-6/h1-5,7,9H,(H,10,11)/i1D,2D,3D,4D,5D. The zero-order valence-corrected chi connectivity index (χ0v) is 5.38. The highest BCUT2D eigenvalue weighted by molar-refractivity contribution is 5.73. The number of rotatable bonds is 2. The van der Waals surface area contributed by atoms with Crippen molar-refractivity contribution in [3.8, 4) is 0 Å². The fourth-order valence-electron chi connectivity index (χ4n) is 0.520. The second-order valence-corrected chi connectivity index (χ2v) is 1.78. The third-order valence-corrected chi connectivity index (χ3v) is 1.03. The Bertz CT molecular complexity index is 430. The van der Waals surface area contributed by atoms with Crippen LogP contribution in [-0.2, 0) is 4.79 Å². The molecule has 0 fully saturated rings. The Morgan fingerprint density at radius 1 is 1.45 bits per heavy atom. The van der Waals surface area contributed by atoms with Crippen LogP contribution in [0.3, 0.4) is 0 Å². The highest BCUT2D eigenvalue weighted by Crippen LogP contribution is 2.10. The van der Waals surface area contributed by atoms with E-state index in [9.17, 15) is 9.90 Å². The van der Waals surface area contributed by atoms with Gasteiger partial charge in [-0.1, -0.05) is 30.2 Å². The van der Waals surface area contributed by atoms with Gasteiger partial charge < -0.3 is 10.2 Å². The van der Waals surface area contributed by atoms with Crippen LogP contribution in [0.2, 0.25) is 0 Å². The summed E-state index contributed by atoms with van der Waals surface area (Å²) in [6.45, 7) is 0. The summed E-state index contributed by atoms with van der Waals surface area (Å²) in [7, 11) is 0. The zero-order chi connectivity index (χ0) is 12.6. The van der Waals surface area contributed by atoms with Crippen molar-refractivity contribution in [1.82, 2.24) is 0 Å². The molecule has 0 aromatic heterocycles. The molecule has 1 aromatic rings. The van der Waals surface area contributed by atoms with Gasteiger partial charge in [0.1, 0.15) is 0 Å². The second kappa shape index (κ2) is 3.16. The first-order valence-electron chi connectivity index (χ1n) is 5.26. The maximum absolute atomic E-state index is 10.5. The quantitative estimate of drug-likeness (QED) is 0.667. The molecule has 0 aliphatic carbocycles. The lowest BCUT2D eigenvalue weighted by atomic mass is 10.1. The molecule has 0 heterocycles. The van der Waals surface area contributed by atoms with E-state index in [1.54, 1.807) is 0 Å². The van der Waals surface area contributed by atoms with Crippen LogP contribution in [0.5, 0.6) is 0 Å². The summed E-state index contributed by atoms with van der Waals surface area (Å²) in [5.41, 5.74) is -0.626. The van der Waals surface area contributed by atoms with Crippen molar-refractivity contribution in [3.63, 3.8) is 0 Å². The number of benzene rings is 1. The van der Waals surface area contributed by atoms with E-state index in [4.69, 9.17) is 12.0 Å². The molecular formula is C8H8O3. The molecular weight excluding hydrogens is 144 g/mol. The van der Waals surface area contributed by atoms with Crippen molar-refractivity contribution < 1.29 is 21.9 Å². The van der Waals surface area contributed by atoms with Crippen LogP contribution in [0, 0.1) is 0 Å². The molecule has 0 bridgehead atoms. The molecule has 0 saturated carbocycles. The number of hydrogen-bond acceptors (Lipinski definition) is 2. The summed E-state index contributed by atoms with van der Waals surface area (Å²) in [5.74, 6) is -1.67. The van der Waals surface area contributed by atoms with Gasteiger partial charge in [-0.25, -0.2) is 4.79 Å². The van der Waals surface area contributed by atoms with Crippen molar-refractivity contribution in [2.24, 2.45) is 0 Å². The molecule has 1 unspecified atom stereocenters. The van der Waals surface area contributed by atoms with Gasteiger partial charge in [-0.2, -0.15) is 0 Å². The van der Waals surface area contributed by atoms with Crippen LogP contribution in [0.15, 0.2) is 30.2 Å². The van der Waals surface area contributed by atoms with Crippen LogP contribution in [0.1, 0.15) is 18.5 Å². The van der Waals surface area contributed by atoms with Gasteiger partial charge in [0, 0.05) is 0 Å². The molecule has 3 nitrogen and oxygen atoms in total. The number of carboxylic acids is 1. The first kappa shape index (κ1) is 3.36. The topological polar surface area (TPSA) is 57.5 Å². The molecule has 3 heteroatoms. The van der Waals surface area contributed by atoms with E-state index < -0.39 is 47.8 Å². The Balaban J connectivity index is 3.57. The molecule has 0 aliphatic heterocycles. The van der Waals surface area contributed by atoms with Crippen molar-refractivity contribution in [2.45, 2.75) is 6.10 Å². The maximum Gasteiger partial charge on any atom is 0.337 e. The summed E-state index contributed by atoms with van der Waals surface area (Å²) in [4.78, 5) is 10.5. The van der Waals surface area contributed by atoms with Crippen molar-refractivity contribution >= 4 is 5.97 Å². The molecule has 0 aliphatic rings. The smallest absolute Gasteiger partial charge is 0.337 e. The Hall–Kier alpha value is -1.35. The van der Waals surface area contributed by atoms with Crippen LogP contribution in [0.4, 0.5) is 0 Å². The van der Waals surface area contributed by atoms with Crippen LogP contribution in [-0.4, -0.2) is 16.2 Å². The van der Waals surface area contributed by atoms with Gasteiger partial charge in [-0.05, 0) is 5.56 Å². The van der Waals surface area contributed by atoms with Crippen molar-refractivity contribution in [2.75, 3.05) is 0 Å². The molecule has 1 rings (SSSR count). The molecule has 11 heavy (non-hydrogen) atoms. The average molecular weight is 157 g/mol. The van der Waals surface area contributed by atoms with Crippen molar-refractivity contribution in [3.05, 3.63) is 35.8 Å². The average Bonchev–Trinajstić information content (AvgIpc) is 2.23. The molecule has 0 amide bonds. The largest absolute Gasteiger partial charge is 0.479 e. The summed E-state index contributed by atoms with van der Waals surface area (Å²) in [5, 5.41) is 17.8. The van der Waals surface area contributed by atoms with E-state index in [-0.39, 0.29) is 0 Å². The molecule has 58 valence electrons. The number of carboxylic acid groups (broad SMARTS) is 1. The second-order valence-electron chi connectivity index (χ2n) is 1.78. The minimum absolute atomic E-state index is 0.626. The van der Waals surface area contributed by atoms with Gasteiger partial charge in [0.2, 0.25) is 0 Å². The summed E-state index contributed by atoms with van der Waals surface area (Å²) in [6, 6.07) is -3.38. The molecule has 0 spiro atoms. The number of hydrogen-bond donors (Lipinski definition) is 2. The van der Waals surface area contributed by atoms with Crippen molar-refractivity contribution in [1.29, 1.82) is 0 Å². The van der Waals surface area contributed by atoms with Gasteiger partial charge in [0.15, 0.2) is 6.10 Å². The summed E-state index contributed by atoms with van der Waals surface area (Å²) < 4.78 is 36.5. The molecule has 0 saturated heterocycles. The van der Waals surface area contributed by atoms with Gasteiger partial charge in [-0.3, -0.25) is 0 Å². The van der Waals surface area contributed by atoms with Gasteiger partial charge in [-0.15, -0.1) is 0 Å². The molecule has 0 radical (unpaired) electrons. The SMILES string of the molecule is [2H]c1c([2H])c([2H])c(C(O)C(=O)O)c([2H])c1[2H]. The van der Waals surface area contributed by atoms with E-state index in [1.165, 1.54) is 0 Å². The third-order valence-electron chi connectivity index (χ3n) is 1.03. The molecule has 2 N–H and O–H groups in total. The van der Waals surface area contributed by atoms with Gasteiger partial charge in [0.05, 0.1) is 6.85 Å². The number of aliphatic hydroxyl groups excluding tert-OH is 1. The fourth-order valence-corrected chi connectivity index (χ4v) is 0.520. The van der Waals surface area contributed by atoms with Crippen LogP contribution < -0.4 is 0 Å². The Morgan fingerprint density at radius 2 is 2.00 bits per heavy atom. The highest BCUT2D eigenvalue weighted by atomic mass is 16.4. The normalized spacial score (nSPS) is 18.8. The van der Waals surface area contributed by atoms with E-state index >= 15 is 0 Å². The lowest BCUT2D eigenvalue weighted by molar-refractivity contribution is -0.146. The minimum Gasteiger partial charge on any atom is -0.479 e. The number of aliphatic hydroxyl groups is 1. The third kappa shape index (κ3) is 1.78. The number of carbonyl (C=O) groups is 1. The Morgan fingerprint density at radius 3 is 2.45 bits per heavy atom. The van der Waals surface area contributed by atoms with E-state index in [1.807, 2.05) is 0 Å². The predicted octanol–water partition coefficient (Wildman–Crippen LogP) is 0.805. The highest BCUT2D eigenvalue weighted by Gasteiger charge is 2.14. The number of aliphatic carboxylic acids is 1. The Labute approximate surface area is 70.9 Å². The van der Waals surface area contributed by atoms with Gasteiger partial charge in [0.25, 0.3) is 0 Å². The van der Waals surface area contributed by atoms with E-state index in [2.05, 4.69) is 0 Å². The molecule has 1 atom stereocenters. The van der Waals surface area contributed by atoms with Crippen LogP contribution >= 0.6 is 0 Å². The predicted molar refractivity (Wildman–Crippen MR) is 39.0 cm³/mol.